The van der Waals surface area contributed by atoms with Crippen LogP contribution in [0.15, 0.2) is 24.3 Å². The predicted molar refractivity (Wildman–Crippen MR) is 60.1 cm³/mol. The van der Waals surface area contributed by atoms with Gasteiger partial charge >= 0.3 is 5.97 Å². The molecule has 1 unspecified atom stereocenters. The van der Waals surface area contributed by atoms with E-state index in [0.29, 0.717) is 5.56 Å². The van der Waals surface area contributed by atoms with Crippen molar-refractivity contribution in [1.82, 2.24) is 0 Å². The zero-order chi connectivity index (χ0) is 13.1. The van der Waals surface area contributed by atoms with Crippen LogP contribution in [0.25, 0.3) is 0 Å². The summed E-state index contributed by atoms with van der Waals surface area (Å²) in [5.41, 5.74) is 6.61. The number of aliphatic carboxylic acids is 1. The molecule has 0 aromatic heterocycles. The molecule has 0 saturated heterocycles. The van der Waals surface area contributed by atoms with Gasteiger partial charge in [0.25, 0.3) is 0 Å². The van der Waals surface area contributed by atoms with Crippen molar-refractivity contribution < 1.29 is 18.7 Å². The maximum absolute atomic E-state index is 12.7. The molecule has 1 rings (SSSR count). The highest BCUT2D eigenvalue weighted by Crippen LogP contribution is 2.19. The number of carboxylic acid groups (broad SMARTS) is 1. The monoisotopic (exact) mass is 243 g/mol. The molecule has 1 atom stereocenters. The van der Waals surface area contributed by atoms with Crippen LogP contribution in [-0.2, 0) is 17.6 Å². The van der Waals surface area contributed by atoms with Gasteiger partial charge in [0, 0.05) is 6.42 Å². The maximum atomic E-state index is 12.7. The van der Waals surface area contributed by atoms with E-state index in [0.717, 1.165) is 12.5 Å². The topological polar surface area (TPSA) is 63.3 Å². The molecular formula is C12H15F2NO2. The Labute approximate surface area is 98.2 Å². The second-order valence-corrected chi connectivity index (χ2v) is 4.21. The zero-order valence-corrected chi connectivity index (χ0v) is 9.49. The standard InChI is InChI=1S/C12H15F2NO2/c1-12(13,14)7-9-4-2-8(3-5-9)6-10(15)11(16)17/h2-5,10H,6-7,15H2,1H3,(H,16,17). The van der Waals surface area contributed by atoms with Gasteiger partial charge in [0.2, 0.25) is 5.92 Å². The molecule has 3 N–H and O–H groups in total. The van der Waals surface area contributed by atoms with Gasteiger partial charge in [-0.25, -0.2) is 8.78 Å². The van der Waals surface area contributed by atoms with Crippen LogP contribution in [0.5, 0.6) is 0 Å². The molecule has 0 heterocycles. The molecular weight excluding hydrogens is 228 g/mol. The summed E-state index contributed by atoms with van der Waals surface area (Å²) in [6.07, 6.45) is -0.129. The van der Waals surface area contributed by atoms with Crippen LogP contribution < -0.4 is 5.73 Å². The lowest BCUT2D eigenvalue weighted by molar-refractivity contribution is -0.138. The molecule has 0 bridgehead atoms. The van der Waals surface area contributed by atoms with Crippen molar-refractivity contribution >= 4 is 5.97 Å². The molecule has 5 heteroatoms. The first kappa shape index (κ1) is 13.6. The second kappa shape index (κ2) is 5.23. The van der Waals surface area contributed by atoms with Gasteiger partial charge < -0.3 is 10.8 Å². The molecule has 0 aliphatic heterocycles. The fraction of sp³-hybridized carbons (Fsp3) is 0.417. The van der Waals surface area contributed by atoms with Gasteiger partial charge in [-0.2, -0.15) is 0 Å². The number of hydrogen-bond acceptors (Lipinski definition) is 2. The first-order valence-corrected chi connectivity index (χ1v) is 5.22. The molecule has 1 aromatic carbocycles. The summed E-state index contributed by atoms with van der Waals surface area (Å²) in [7, 11) is 0. The van der Waals surface area contributed by atoms with Crippen molar-refractivity contribution in [3.05, 3.63) is 35.4 Å². The summed E-state index contributed by atoms with van der Waals surface area (Å²) < 4.78 is 25.5. The fourth-order valence-corrected chi connectivity index (χ4v) is 1.49. The maximum Gasteiger partial charge on any atom is 0.320 e. The third-order valence-corrected chi connectivity index (χ3v) is 2.31. The predicted octanol–water partition coefficient (Wildman–Crippen LogP) is 1.84. The van der Waals surface area contributed by atoms with E-state index in [4.69, 9.17) is 10.8 Å². The molecule has 0 fully saturated rings. The van der Waals surface area contributed by atoms with Gasteiger partial charge in [-0.1, -0.05) is 24.3 Å². The average molecular weight is 243 g/mol. The van der Waals surface area contributed by atoms with Crippen LogP contribution >= 0.6 is 0 Å². The quantitative estimate of drug-likeness (QED) is 0.829. The lowest BCUT2D eigenvalue weighted by Gasteiger charge is -2.11. The van der Waals surface area contributed by atoms with E-state index < -0.39 is 17.9 Å². The van der Waals surface area contributed by atoms with Crippen LogP contribution in [0, 0.1) is 0 Å². The number of nitrogens with two attached hydrogens (primary N) is 1. The molecule has 94 valence electrons. The van der Waals surface area contributed by atoms with Crippen molar-refractivity contribution in [2.75, 3.05) is 0 Å². The number of carbonyl (C=O) groups is 1. The molecule has 0 aliphatic carbocycles. The van der Waals surface area contributed by atoms with Gasteiger partial charge in [0.1, 0.15) is 6.04 Å². The van der Waals surface area contributed by atoms with Crippen LogP contribution in [0.3, 0.4) is 0 Å². The Hall–Kier alpha value is -1.49. The Balaban J connectivity index is 2.65. The lowest BCUT2D eigenvalue weighted by atomic mass is 10.0. The SMILES string of the molecule is CC(F)(F)Cc1ccc(CC(N)C(=O)O)cc1. The van der Waals surface area contributed by atoms with Crippen molar-refractivity contribution in [2.24, 2.45) is 5.73 Å². The van der Waals surface area contributed by atoms with Gasteiger partial charge in [-0.05, 0) is 24.5 Å². The number of hydrogen-bond donors (Lipinski definition) is 2. The van der Waals surface area contributed by atoms with E-state index in [2.05, 4.69) is 0 Å². The first-order valence-electron chi connectivity index (χ1n) is 5.22. The lowest BCUT2D eigenvalue weighted by Crippen LogP contribution is -2.32. The van der Waals surface area contributed by atoms with Crippen molar-refractivity contribution in [1.29, 1.82) is 0 Å². The summed E-state index contributed by atoms with van der Waals surface area (Å²) >= 11 is 0. The highest BCUT2D eigenvalue weighted by molar-refractivity contribution is 5.73. The normalized spacial score (nSPS) is 13.4. The fourth-order valence-electron chi connectivity index (χ4n) is 1.49. The highest BCUT2D eigenvalue weighted by atomic mass is 19.3. The zero-order valence-electron chi connectivity index (χ0n) is 9.49. The van der Waals surface area contributed by atoms with Gasteiger partial charge in [-0.3, -0.25) is 4.79 Å². The van der Waals surface area contributed by atoms with E-state index in [1.54, 1.807) is 24.3 Å². The number of rotatable bonds is 5. The average Bonchev–Trinajstić information content (AvgIpc) is 2.18. The number of benzene rings is 1. The first-order chi connectivity index (χ1) is 7.78. The van der Waals surface area contributed by atoms with Crippen LogP contribution in [0.2, 0.25) is 0 Å². The van der Waals surface area contributed by atoms with E-state index in [-0.39, 0.29) is 12.8 Å². The summed E-state index contributed by atoms with van der Waals surface area (Å²) in [5, 5.41) is 8.63. The Morgan fingerprint density at radius 1 is 1.35 bits per heavy atom. The summed E-state index contributed by atoms with van der Waals surface area (Å²) in [4.78, 5) is 10.5. The minimum absolute atomic E-state index is 0.193. The molecule has 0 aliphatic rings. The summed E-state index contributed by atoms with van der Waals surface area (Å²) in [6.45, 7) is 0.862. The molecule has 17 heavy (non-hydrogen) atoms. The third kappa shape index (κ3) is 4.91. The molecule has 1 aromatic rings. The van der Waals surface area contributed by atoms with Crippen LogP contribution in [-0.4, -0.2) is 23.0 Å². The Morgan fingerprint density at radius 2 is 1.82 bits per heavy atom. The minimum Gasteiger partial charge on any atom is -0.480 e. The molecule has 0 spiro atoms. The molecule has 0 amide bonds. The van der Waals surface area contributed by atoms with Crippen molar-refractivity contribution in [3.8, 4) is 0 Å². The van der Waals surface area contributed by atoms with Crippen LogP contribution in [0.1, 0.15) is 18.1 Å². The van der Waals surface area contributed by atoms with E-state index in [1.165, 1.54) is 0 Å². The largest absolute Gasteiger partial charge is 0.480 e. The van der Waals surface area contributed by atoms with Crippen molar-refractivity contribution in [3.63, 3.8) is 0 Å². The second-order valence-electron chi connectivity index (χ2n) is 4.21. The van der Waals surface area contributed by atoms with Crippen LogP contribution in [0.4, 0.5) is 8.78 Å². The molecule has 3 nitrogen and oxygen atoms in total. The van der Waals surface area contributed by atoms with Gasteiger partial charge in [0.05, 0.1) is 0 Å². The van der Waals surface area contributed by atoms with Gasteiger partial charge in [-0.15, -0.1) is 0 Å². The third-order valence-electron chi connectivity index (χ3n) is 2.31. The molecule has 0 radical (unpaired) electrons. The van der Waals surface area contributed by atoms with E-state index in [9.17, 15) is 13.6 Å². The summed E-state index contributed by atoms with van der Waals surface area (Å²) in [6, 6.07) is 5.43. The Bertz CT molecular complexity index is 384. The number of carboxylic acids is 1. The summed E-state index contributed by atoms with van der Waals surface area (Å²) in [5.74, 6) is -3.81. The smallest absolute Gasteiger partial charge is 0.320 e. The van der Waals surface area contributed by atoms with Crippen molar-refractivity contribution in [2.45, 2.75) is 31.7 Å². The van der Waals surface area contributed by atoms with Gasteiger partial charge in [0.15, 0.2) is 0 Å². The number of halogens is 2. The van der Waals surface area contributed by atoms with E-state index in [1.807, 2.05) is 0 Å². The van der Waals surface area contributed by atoms with E-state index >= 15 is 0 Å². The Morgan fingerprint density at radius 3 is 2.24 bits per heavy atom. The minimum atomic E-state index is -2.74. The highest BCUT2D eigenvalue weighted by Gasteiger charge is 2.21. The number of alkyl halides is 2. The Kier molecular flexibility index (Phi) is 4.17. The molecule has 0 saturated carbocycles.